The molecular formula is C14H12Br2ClFN2. The van der Waals surface area contributed by atoms with Crippen LogP contribution in [0.25, 0.3) is 0 Å². The van der Waals surface area contributed by atoms with Gasteiger partial charge in [-0.15, -0.1) is 0 Å². The molecular weight excluding hydrogens is 410 g/mol. The molecule has 0 spiro atoms. The maximum atomic E-state index is 13.5. The molecule has 20 heavy (non-hydrogen) atoms. The second-order valence-electron chi connectivity index (χ2n) is 4.34. The minimum absolute atomic E-state index is 0.141. The van der Waals surface area contributed by atoms with Crippen LogP contribution in [0, 0.1) is 5.82 Å². The Hall–Kier alpha value is -0.460. The van der Waals surface area contributed by atoms with Gasteiger partial charge in [0, 0.05) is 8.95 Å². The molecule has 0 aliphatic rings. The van der Waals surface area contributed by atoms with E-state index in [0.29, 0.717) is 12.0 Å². The highest BCUT2D eigenvalue weighted by Crippen LogP contribution is 2.28. The summed E-state index contributed by atoms with van der Waals surface area (Å²) >= 11 is 12.9. The molecule has 0 amide bonds. The first-order valence-corrected chi connectivity index (χ1v) is 7.82. The number of nitrogens with one attached hydrogen (secondary N) is 1. The number of hydrogen-bond donors (Lipinski definition) is 2. The molecule has 0 saturated heterocycles. The molecule has 1 unspecified atom stereocenters. The Kier molecular flexibility index (Phi) is 5.57. The number of nitrogens with two attached hydrogens (primary N) is 1. The first-order chi connectivity index (χ1) is 9.51. The number of halogens is 4. The molecule has 0 aliphatic carbocycles. The Morgan fingerprint density at radius 1 is 1.20 bits per heavy atom. The van der Waals surface area contributed by atoms with Crippen LogP contribution >= 0.6 is 43.5 Å². The topological polar surface area (TPSA) is 38.0 Å². The predicted octanol–water partition coefficient (Wildman–Crippen LogP) is 4.75. The van der Waals surface area contributed by atoms with Crippen molar-refractivity contribution in [2.24, 2.45) is 5.84 Å². The Morgan fingerprint density at radius 3 is 2.45 bits per heavy atom. The van der Waals surface area contributed by atoms with E-state index in [-0.39, 0.29) is 11.1 Å². The molecule has 0 saturated carbocycles. The van der Waals surface area contributed by atoms with Crippen molar-refractivity contribution in [2.45, 2.75) is 12.5 Å². The molecule has 2 aromatic carbocycles. The molecule has 2 aromatic rings. The van der Waals surface area contributed by atoms with Crippen molar-refractivity contribution in [2.75, 3.05) is 0 Å². The highest BCUT2D eigenvalue weighted by atomic mass is 79.9. The lowest BCUT2D eigenvalue weighted by atomic mass is 9.99. The summed E-state index contributed by atoms with van der Waals surface area (Å²) in [7, 11) is 0. The number of benzene rings is 2. The van der Waals surface area contributed by atoms with E-state index in [9.17, 15) is 4.39 Å². The first-order valence-electron chi connectivity index (χ1n) is 5.86. The van der Waals surface area contributed by atoms with Gasteiger partial charge in [0.25, 0.3) is 0 Å². The summed E-state index contributed by atoms with van der Waals surface area (Å²) in [5.74, 6) is 5.20. The zero-order chi connectivity index (χ0) is 14.7. The molecule has 0 radical (unpaired) electrons. The van der Waals surface area contributed by atoms with Gasteiger partial charge in [-0.1, -0.05) is 55.6 Å². The zero-order valence-corrected chi connectivity index (χ0v) is 14.3. The maximum absolute atomic E-state index is 13.5. The maximum Gasteiger partial charge on any atom is 0.142 e. The van der Waals surface area contributed by atoms with Crippen LogP contribution in [0.3, 0.4) is 0 Å². The highest BCUT2D eigenvalue weighted by molar-refractivity contribution is 9.11. The predicted molar refractivity (Wildman–Crippen MR) is 87.0 cm³/mol. The fourth-order valence-electron chi connectivity index (χ4n) is 1.98. The molecule has 2 nitrogen and oxygen atoms in total. The van der Waals surface area contributed by atoms with Gasteiger partial charge in [-0.05, 0) is 41.8 Å². The van der Waals surface area contributed by atoms with Crippen LogP contribution in [0.15, 0.2) is 45.3 Å². The summed E-state index contributed by atoms with van der Waals surface area (Å²) in [6.45, 7) is 0. The summed E-state index contributed by atoms with van der Waals surface area (Å²) in [6.07, 6.45) is 0.496. The van der Waals surface area contributed by atoms with Crippen molar-refractivity contribution < 1.29 is 4.39 Å². The van der Waals surface area contributed by atoms with Gasteiger partial charge in [-0.2, -0.15) is 0 Å². The third kappa shape index (κ3) is 3.80. The van der Waals surface area contributed by atoms with Crippen LogP contribution in [0.2, 0.25) is 5.02 Å². The molecule has 0 bridgehead atoms. The summed E-state index contributed by atoms with van der Waals surface area (Å²) in [5, 5.41) is 0.141. The van der Waals surface area contributed by atoms with Gasteiger partial charge in [0.15, 0.2) is 0 Å². The Balaban J connectivity index is 2.31. The van der Waals surface area contributed by atoms with E-state index in [2.05, 4.69) is 37.3 Å². The van der Waals surface area contributed by atoms with E-state index in [1.165, 1.54) is 6.07 Å². The quantitative estimate of drug-likeness (QED) is 0.551. The first kappa shape index (κ1) is 15.9. The van der Waals surface area contributed by atoms with Gasteiger partial charge < -0.3 is 0 Å². The number of hydrogen-bond acceptors (Lipinski definition) is 2. The molecule has 106 valence electrons. The molecule has 3 N–H and O–H groups in total. The molecule has 0 heterocycles. The van der Waals surface area contributed by atoms with Crippen molar-refractivity contribution in [3.05, 3.63) is 67.3 Å². The molecule has 0 aromatic heterocycles. The number of hydrazine groups is 1. The largest absolute Gasteiger partial charge is 0.271 e. The Morgan fingerprint density at radius 2 is 1.85 bits per heavy atom. The molecule has 0 aliphatic heterocycles. The minimum Gasteiger partial charge on any atom is -0.271 e. The van der Waals surface area contributed by atoms with Gasteiger partial charge in [0.05, 0.1) is 11.1 Å². The van der Waals surface area contributed by atoms with Gasteiger partial charge in [0.1, 0.15) is 5.82 Å². The van der Waals surface area contributed by atoms with Gasteiger partial charge in [-0.25, -0.2) is 4.39 Å². The third-order valence-electron chi connectivity index (χ3n) is 2.94. The van der Waals surface area contributed by atoms with Crippen molar-refractivity contribution in [3.8, 4) is 0 Å². The zero-order valence-electron chi connectivity index (χ0n) is 10.3. The monoisotopic (exact) mass is 420 g/mol. The SMILES string of the molecule is NNC(Cc1cccc(F)c1Cl)c1cc(Br)cc(Br)c1. The van der Waals surface area contributed by atoms with E-state index in [1.807, 2.05) is 18.2 Å². The molecule has 1 atom stereocenters. The fraction of sp³-hybridized carbons (Fsp3) is 0.143. The van der Waals surface area contributed by atoms with Gasteiger partial charge in [0.2, 0.25) is 0 Å². The van der Waals surface area contributed by atoms with Crippen LogP contribution in [-0.4, -0.2) is 0 Å². The van der Waals surface area contributed by atoms with E-state index >= 15 is 0 Å². The van der Waals surface area contributed by atoms with E-state index in [1.54, 1.807) is 12.1 Å². The van der Waals surface area contributed by atoms with Crippen LogP contribution in [0.4, 0.5) is 4.39 Å². The minimum atomic E-state index is -0.421. The van der Waals surface area contributed by atoms with E-state index in [0.717, 1.165) is 14.5 Å². The average molecular weight is 423 g/mol. The van der Waals surface area contributed by atoms with E-state index < -0.39 is 5.82 Å². The smallest absolute Gasteiger partial charge is 0.142 e. The second-order valence-corrected chi connectivity index (χ2v) is 6.55. The second kappa shape index (κ2) is 7.00. The fourth-order valence-corrected chi connectivity index (χ4v) is 3.51. The summed E-state index contributed by atoms with van der Waals surface area (Å²) < 4.78 is 15.3. The van der Waals surface area contributed by atoms with E-state index in [4.69, 9.17) is 17.4 Å². The van der Waals surface area contributed by atoms with Crippen LogP contribution < -0.4 is 11.3 Å². The molecule has 6 heteroatoms. The summed E-state index contributed by atoms with van der Waals surface area (Å²) in [5.41, 5.74) is 4.44. The van der Waals surface area contributed by atoms with Crippen molar-refractivity contribution >= 4 is 43.5 Å². The van der Waals surface area contributed by atoms with Crippen LogP contribution in [0.5, 0.6) is 0 Å². The van der Waals surface area contributed by atoms with Crippen LogP contribution in [-0.2, 0) is 6.42 Å². The Bertz CT molecular complexity index is 602. The number of rotatable bonds is 4. The Labute approximate surface area is 138 Å². The van der Waals surface area contributed by atoms with Crippen LogP contribution in [0.1, 0.15) is 17.2 Å². The van der Waals surface area contributed by atoms with Crippen molar-refractivity contribution in [1.29, 1.82) is 0 Å². The summed E-state index contributed by atoms with van der Waals surface area (Å²) in [4.78, 5) is 0. The third-order valence-corrected chi connectivity index (χ3v) is 4.28. The highest BCUT2D eigenvalue weighted by Gasteiger charge is 2.15. The molecule has 2 rings (SSSR count). The van der Waals surface area contributed by atoms with Gasteiger partial charge in [-0.3, -0.25) is 11.3 Å². The van der Waals surface area contributed by atoms with Crippen molar-refractivity contribution in [1.82, 2.24) is 5.43 Å². The summed E-state index contributed by atoms with van der Waals surface area (Å²) in [6, 6.07) is 10.5. The lowest BCUT2D eigenvalue weighted by molar-refractivity contribution is 0.548. The lowest BCUT2D eigenvalue weighted by Gasteiger charge is -2.18. The lowest BCUT2D eigenvalue weighted by Crippen LogP contribution is -2.29. The average Bonchev–Trinajstić information content (AvgIpc) is 2.39. The van der Waals surface area contributed by atoms with Crippen molar-refractivity contribution in [3.63, 3.8) is 0 Å². The normalized spacial score (nSPS) is 12.4. The standard InChI is InChI=1S/C14H12Br2ClFN2/c15-10-4-9(5-11(16)7-10)13(20-19)6-8-2-1-3-12(18)14(8)17/h1-5,7,13,20H,6,19H2. The molecule has 0 fully saturated rings. The van der Waals surface area contributed by atoms with Gasteiger partial charge >= 0.3 is 0 Å².